The maximum absolute atomic E-state index is 13.1. The van der Waals surface area contributed by atoms with Gasteiger partial charge in [0.2, 0.25) is 0 Å². The van der Waals surface area contributed by atoms with Crippen LogP contribution < -0.4 is 20.7 Å². The number of benzene rings is 2. The van der Waals surface area contributed by atoms with Crippen LogP contribution in [0.4, 0.5) is 8.78 Å². The maximum atomic E-state index is 13.1. The summed E-state index contributed by atoms with van der Waals surface area (Å²) in [5.41, 5.74) is 2.13. The SMILES string of the molecule is Cc1cc(Oc2ncccc2OC(F)F)ccc1-c1c(C)c(=O)n(COCc2ccccc2)c(=O)n1C. The number of ether oxygens (including phenoxy) is 3. The van der Waals surface area contributed by atoms with Gasteiger partial charge in [0.25, 0.3) is 11.4 Å². The predicted octanol–water partition coefficient (Wildman–Crippen LogP) is 4.79. The first-order valence-corrected chi connectivity index (χ1v) is 11.4. The molecule has 192 valence electrons. The minimum absolute atomic E-state index is 0.114. The highest BCUT2D eigenvalue weighted by Crippen LogP contribution is 2.33. The Morgan fingerprint density at radius 3 is 2.46 bits per heavy atom. The Hall–Kier alpha value is -4.31. The predicted molar refractivity (Wildman–Crippen MR) is 133 cm³/mol. The van der Waals surface area contributed by atoms with Crippen molar-refractivity contribution in [3.63, 3.8) is 0 Å². The van der Waals surface area contributed by atoms with Gasteiger partial charge in [0.05, 0.1) is 12.3 Å². The molecule has 0 N–H and O–H groups in total. The van der Waals surface area contributed by atoms with E-state index in [9.17, 15) is 18.4 Å². The summed E-state index contributed by atoms with van der Waals surface area (Å²) in [6, 6.07) is 17.2. The molecule has 0 aliphatic rings. The van der Waals surface area contributed by atoms with Crippen LogP contribution in [0.15, 0.2) is 76.4 Å². The highest BCUT2D eigenvalue weighted by Gasteiger charge is 2.18. The number of pyridine rings is 1. The molecule has 37 heavy (non-hydrogen) atoms. The van der Waals surface area contributed by atoms with E-state index in [0.717, 1.165) is 10.1 Å². The number of halogens is 2. The third kappa shape index (κ3) is 5.75. The zero-order valence-electron chi connectivity index (χ0n) is 20.5. The molecule has 0 amide bonds. The van der Waals surface area contributed by atoms with Crippen LogP contribution in [0.3, 0.4) is 0 Å². The van der Waals surface area contributed by atoms with E-state index in [2.05, 4.69) is 9.72 Å². The molecule has 0 atom stereocenters. The molecule has 2 aromatic carbocycles. The van der Waals surface area contributed by atoms with Gasteiger partial charge in [-0.1, -0.05) is 30.3 Å². The Labute approximate surface area is 211 Å². The zero-order chi connectivity index (χ0) is 26.5. The summed E-state index contributed by atoms with van der Waals surface area (Å²) in [7, 11) is 1.59. The number of nitrogens with zero attached hydrogens (tertiary/aromatic N) is 3. The minimum Gasteiger partial charge on any atom is -0.436 e. The molecule has 4 rings (SSSR count). The molecule has 0 saturated carbocycles. The molecule has 0 aliphatic heterocycles. The van der Waals surface area contributed by atoms with E-state index in [1.54, 1.807) is 39.1 Å². The lowest BCUT2D eigenvalue weighted by Gasteiger charge is -2.17. The molecule has 2 aromatic heterocycles. The second kappa shape index (κ2) is 11.2. The molecule has 2 heterocycles. The van der Waals surface area contributed by atoms with Gasteiger partial charge in [-0.25, -0.2) is 14.3 Å². The van der Waals surface area contributed by atoms with Crippen LogP contribution in [0, 0.1) is 13.8 Å². The minimum atomic E-state index is -3.02. The van der Waals surface area contributed by atoms with Crippen LogP contribution >= 0.6 is 0 Å². The average molecular weight is 510 g/mol. The first-order valence-electron chi connectivity index (χ1n) is 11.4. The second-order valence-corrected chi connectivity index (χ2v) is 8.28. The third-order valence-electron chi connectivity index (χ3n) is 5.73. The first-order chi connectivity index (χ1) is 17.8. The van der Waals surface area contributed by atoms with E-state index in [-0.39, 0.29) is 25.0 Å². The number of hydrogen-bond donors (Lipinski definition) is 0. The molecule has 0 aliphatic carbocycles. The normalized spacial score (nSPS) is 11.1. The lowest BCUT2D eigenvalue weighted by Crippen LogP contribution is -2.41. The van der Waals surface area contributed by atoms with Gasteiger partial charge in [0.15, 0.2) is 5.75 Å². The molecule has 0 radical (unpaired) electrons. The van der Waals surface area contributed by atoms with Gasteiger partial charge in [-0.05, 0) is 55.3 Å². The van der Waals surface area contributed by atoms with Gasteiger partial charge in [0.1, 0.15) is 12.5 Å². The van der Waals surface area contributed by atoms with Crippen molar-refractivity contribution in [1.82, 2.24) is 14.1 Å². The second-order valence-electron chi connectivity index (χ2n) is 8.28. The molecule has 10 heteroatoms. The third-order valence-corrected chi connectivity index (χ3v) is 5.73. The summed E-state index contributed by atoms with van der Waals surface area (Å²) in [5.74, 6) is 0.0107. The monoisotopic (exact) mass is 509 g/mol. The Balaban J connectivity index is 1.60. The highest BCUT2D eigenvalue weighted by molar-refractivity contribution is 5.68. The van der Waals surface area contributed by atoms with Crippen molar-refractivity contribution in [2.75, 3.05) is 0 Å². The summed E-state index contributed by atoms with van der Waals surface area (Å²) < 4.78 is 43.6. The van der Waals surface area contributed by atoms with E-state index < -0.39 is 17.9 Å². The lowest BCUT2D eigenvalue weighted by atomic mass is 10.0. The maximum Gasteiger partial charge on any atom is 0.387 e. The summed E-state index contributed by atoms with van der Waals surface area (Å²) in [6.45, 7) is 0.496. The molecular formula is C27H25F2N3O5. The number of rotatable bonds is 9. The Kier molecular flexibility index (Phi) is 7.78. The fraction of sp³-hybridized carbons (Fsp3) is 0.222. The van der Waals surface area contributed by atoms with Gasteiger partial charge < -0.3 is 14.2 Å². The van der Waals surface area contributed by atoms with Crippen molar-refractivity contribution in [2.45, 2.75) is 33.8 Å². The first kappa shape index (κ1) is 25.8. The summed E-state index contributed by atoms with van der Waals surface area (Å²) in [4.78, 5) is 30.1. The van der Waals surface area contributed by atoms with Crippen molar-refractivity contribution in [1.29, 1.82) is 0 Å². The largest absolute Gasteiger partial charge is 0.436 e. The van der Waals surface area contributed by atoms with Crippen molar-refractivity contribution in [2.24, 2.45) is 7.05 Å². The van der Waals surface area contributed by atoms with E-state index >= 15 is 0 Å². The Morgan fingerprint density at radius 2 is 1.76 bits per heavy atom. The van der Waals surface area contributed by atoms with Gasteiger partial charge in [-0.3, -0.25) is 9.36 Å². The smallest absolute Gasteiger partial charge is 0.387 e. The molecule has 0 unspecified atom stereocenters. The molecule has 0 fully saturated rings. The van der Waals surface area contributed by atoms with Crippen molar-refractivity contribution >= 4 is 0 Å². The van der Waals surface area contributed by atoms with E-state index in [1.807, 2.05) is 30.3 Å². The lowest BCUT2D eigenvalue weighted by molar-refractivity contribution is -0.0513. The number of aryl methyl sites for hydroxylation is 1. The highest BCUT2D eigenvalue weighted by atomic mass is 19.3. The fourth-order valence-electron chi connectivity index (χ4n) is 3.96. The van der Waals surface area contributed by atoms with Crippen LogP contribution in [0.2, 0.25) is 0 Å². The molecule has 4 aromatic rings. The Morgan fingerprint density at radius 1 is 1.00 bits per heavy atom. The molecule has 8 nitrogen and oxygen atoms in total. The molecule has 0 spiro atoms. The topological polar surface area (TPSA) is 84.6 Å². The van der Waals surface area contributed by atoms with Gasteiger partial charge in [0, 0.05) is 24.4 Å². The number of aromatic nitrogens is 3. The van der Waals surface area contributed by atoms with E-state index in [4.69, 9.17) is 9.47 Å². The standard InChI is InChI=1S/C27H25F2N3O5/c1-17-14-20(36-24-22(37-26(28)29)10-7-13-30-24)11-12-21(17)23-18(2)25(33)32(27(34)31(23)3)16-35-15-19-8-5-4-6-9-19/h4-14,26H,15-16H2,1-3H3. The molecular weight excluding hydrogens is 484 g/mol. The van der Waals surface area contributed by atoms with Crippen molar-refractivity contribution in [3.8, 4) is 28.6 Å². The fourth-order valence-corrected chi connectivity index (χ4v) is 3.96. The van der Waals surface area contributed by atoms with Crippen LogP contribution in [0.5, 0.6) is 17.4 Å². The summed E-state index contributed by atoms with van der Waals surface area (Å²) in [6.07, 6.45) is 1.40. The van der Waals surface area contributed by atoms with Crippen LogP contribution in [-0.2, 0) is 25.1 Å². The van der Waals surface area contributed by atoms with Crippen molar-refractivity contribution in [3.05, 3.63) is 104 Å². The van der Waals surface area contributed by atoms with Crippen LogP contribution in [-0.4, -0.2) is 20.7 Å². The molecule has 0 saturated heterocycles. The summed E-state index contributed by atoms with van der Waals surface area (Å²) >= 11 is 0. The zero-order valence-corrected chi connectivity index (χ0v) is 20.5. The number of hydrogen-bond acceptors (Lipinski definition) is 6. The Bertz CT molecular complexity index is 1480. The summed E-state index contributed by atoms with van der Waals surface area (Å²) in [5, 5.41) is 0. The van der Waals surface area contributed by atoms with Gasteiger partial charge >= 0.3 is 12.3 Å². The van der Waals surface area contributed by atoms with Crippen LogP contribution in [0.1, 0.15) is 16.7 Å². The van der Waals surface area contributed by atoms with Gasteiger partial charge in [-0.15, -0.1) is 0 Å². The number of alkyl halides is 2. The van der Waals surface area contributed by atoms with Gasteiger partial charge in [-0.2, -0.15) is 8.78 Å². The molecule has 0 bridgehead atoms. The van der Waals surface area contributed by atoms with Crippen LogP contribution in [0.25, 0.3) is 11.3 Å². The van der Waals surface area contributed by atoms with Crippen molar-refractivity contribution < 1.29 is 23.0 Å². The van der Waals surface area contributed by atoms with E-state index in [0.29, 0.717) is 28.1 Å². The average Bonchev–Trinajstić information content (AvgIpc) is 2.88. The quantitative estimate of drug-likeness (QED) is 0.323. The van der Waals surface area contributed by atoms with E-state index in [1.165, 1.54) is 22.9 Å².